The lowest BCUT2D eigenvalue weighted by Crippen LogP contribution is -2.39. The molecule has 0 unspecified atom stereocenters. The molecule has 1 aromatic rings. The second kappa shape index (κ2) is 4.35. The lowest BCUT2D eigenvalue weighted by atomic mass is 10.3. The van der Waals surface area contributed by atoms with Gasteiger partial charge in [-0.2, -0.15) is 28.1 Å². The summed E-state index contributed by atoms with van der Waals surface area (Å²) in [4.78, 5) is 13.7. The first-order valence-corrected chi connectivity index (χ1v) is 6.51. The fourth-order valence-corrected chi connectivity index (χ4v) is 2.31. The Morgan fingerprint density at radius 1 is 1.10 bits per heavy atom. The van der Waals surface area contributed by atoms with Crippen LogP contribution in [0.5, 0.6) is 0 Å². The van der Waals surface area contributed by atoms with Crippen LogP contribution in [0.4, 0.5) is 31.0 Å². The van der Waals surface area contributed by atoms with Crippen LogP contribution in [-0.4, -0.2) is 39.8 Å². The number of aromatic nitrogens is 3. The van der Waals surface area contributed by atoms with Gasteiger partial charge in [-0.15, -0.1) is 0 Å². The number of hydrogen-bond donors (Lipinski definition) is 2. The van der Waals surface area contributed by atoms with Gasteiger partial charge in [-0.05, 0) is 25.7 Å². The predicted octanol–water partition coefficient (Wildman–Crippen LogP) is 1.56. The quantitative estimate of drug-likeness (QED) is 0.878. The second-order valence-electron chi connectivity index (χ2n) is 5.22. The summed E-state index contributed by atoms with van der Waals surface area (Å²) in [6.07, 6.45) is -2.23. The topological polar surface area (TPSA) is 80.0 Å². The Morgan fingerprint density at radius 3 is 2.30 bits per heavy atom. The van der Waals surface area contributed by atoms with E-state index in [2.05, 4.69) is 20.3 Å². The number of rotatable bonds is 3. The van der Waals surface area contributed by atoms with E-state index < -0.39 is 11.7 Å². The normalized spacial score (nSPS) is 21.1. The summed E-state index contributed by atoms with van der Waals surface area (Å²) in [5, 5.41) is 2.38. The smallest absolute Gasteiger partial charge is 0.368 e. The fraction of sp³-hybridized carbons (Fsp3) is 0.727. The Bertz CT molecular complexity index is 507. The third kappa shape index (κ3) is 2.32. The molecule has 0 radical (unpaired) electrons. The molecule has 6 nitrogen and oxygen atoms in total. The molecule has 0 atom stereocenters. The molecule has 0 aromatic carbocycles. The average molecular weight is 288 g/mol. The van der Waals surface area contributed by atoms with Gasteiger partial charge in [0.25, 0.3) is 0 Å². The molecule has 1 aromatic heterocycles. The number of anilines is 3. The van der Waals surface area contributed by atoms with Crippen LogP contribution in [-0.2, 0) is 0 Å². The Labute approximate surface area is 113 Å². The van der Waals surface area contributed by atoms with Gasteiger partial charge >= 0.3 is 6.18 Å². The highest BCUT2D eigenvalue weighted by Gasteiger charge is 2.64. The summed E-state index contributed by atoms with van der Waals surface area (Å²) < 4.78 is 38.7. The van der Waals surface area contributed by atoms with Gasteiger partial charge in [-0.1, -0.05) is 0 Å². The van der Waals surface area contributed by atoms with Crippen LogP contribution in [0.3, 0.4) is 0 Å². The third-order valence-corrected chi connectivity index (χ3v) is 3.67. The minimum atomic E-state index is -4.32. The molecule has 9 heteroatoms. The van der Waals surface area contributed by atoms with Crippen molar-refractivity contribution in [2.24, 2.45) is 0 Å². The van der Waals surface area contributed by atoms with E-state index in [1.807, 2.05) is 4.90 Å². The number of hydrogen-bond acceptors (Lipinski definition) is 6. The number of nitrogens with zero attached hydrogens (tertiary/aromatic N) is 4. The molecule has 20 heavy (non-hydrogen) atoms. The van der Waals surface area contributed by atoms with E-state index in [-0.39, 0.29) is 24.7 Å². The van der Waals surface area contributed by atoms with E-state index in [0.717, 1.165) is 25.9 Å². The maximum atomic E-state index is 12.9. The summed E-state index contributed by atoms with van der Waals surface area (Å²) in [5.41, 5.74) is 3.67. The molecular formula is C11H15F3N6. The maximum absolute atomic E-state index is 12.9. The van der Waals surface area contributed by atoms with Crippen molar-refractivity contribution < 1.29 is 13.2 Å². The van der Waals surface area contributed by atoms with E-state index >= 15 is 0 Å². The van der Waals surface area contributed by atoms with E-state index in [0.29, 0.717) is 5.95 Å². The molecular weight excluding hydrogens is 273 g/mol. The van der Waals surface area contributed by atoms with Crippen molar-refractivity contribution in [2.45, 2.75) is 37.4 Å². The van der Waals surface area contributed by atoms with Gasteiger partial charge in [0.15, 0.2) is 0 Å². The summed E-state index contributed by atoms with van der Waals surface area (Å²) in [7, 11) is 0. The summed E-state index contributed by atoms with van der Waals surface area (Å²) in [6.45, 7) is 1.57. The van der Waals surface area contributed by atoms with E-state index in [9.17, 15) is 13.2 Å². The number of nitrogen functional groups attached to an aromatic ring is 1. The van der Waals surface area contributed by atoms with Crippen LogP contribution < -0.4 is 16.0 Å². The van der Waals surface area contributed by atoms with Crippen molar-refractivity contribution in [2.75, 3.05) is 29.0 Å². The Hall–Kier alpha value is -1.80. The zero-order valence-electron chi connectivity index (χ0n) is 10.7. The summed E-state index contributed by atoms with van der Waals surface area (Å²) in [6, 6.07) is 0. The molecule has 0 spiro atoms. The fourth-order valence-electron chi connectivity index (χ4n) is 2.31. The molecule has 1 aliphatic heterocycles. The second-order valence-corrected chi connectivity index (χ2v) is 5.22. The van der Waals surface area contributed by atoms with Crippen LogP contribution in [0.2, 0.25) is 0 Å². The van der Waals surface area contributed by atoms with Gasteiger partial charge in [-0.3, -0.25) is 0 Å². The molecule has 2 aliphatic rings. The minimum absolute atomic E-state index is 0.0289. The van der Waals surface area contributed by atoms with Crippen LogP contribution >= 0.6 is 0 Å². The zero-order chi connectivity index (χ0) is 14.4. The van der Waals surface area contributed by atoms with Gasteiger partial charge in [-0.25, -0.2) is 0 Å². The number of nitrogens with two attached hydrogens (primary N) is 1. The monoisotopic (exact) mass is 288 g/mol. The number of halogens is 3. The van der Waals surface area contributed by atoms with Crippen LogP contribution in [0.15, 0.2) is 0 Å². The Kier molecular flexibility index (Phi) is 2.87. The molecule has 2 fully saturated rings. The average Bonchev–Trinajstić information content (AvgIpc) is 2.94. The number of alkyl halides is 3. The van der Waals surface area contributed by atoms with Crippen molar-refractivity contribution in [3.05, 3.63) is 0 Å². The largest absolute Gasteiger partial charge is 0.411 e. The molecule has 1 saturated heterocycles. The van der Waals surface area contributed by atoms with E-state index in [1.165, 1.54) is 0 Å². The molecule has 110 valence electrons. The van der Waals surface area contributed by atoms with E-state index in [4.69, 9.17) is 5.73 Å². The van der Waals surface area contributed by atoms with E-state index in [1.54, 1.807) is 0 Å². The molecule has 1 aliphatic carbocycles. The number of nitrogens with one attached hydrogen (secondary N) is 1. The van der Waals surface area contributed by atoms with Crippen molar-refractivity contribution >= 4 is 17.8 Å². The van der Waals surface area contributed by atoms with Gasteiger partial charge in [0.05, 0.1) is 0 Å². The lowest BCUT2D eigenvalue weighted by Gasteiger charge is -2.22. The van der Waals surface area contributed by atoms with Crippen molar-refractivity contribution in [3.63, 3.8) is 0 Å². The first kappa shape index (κ1) is 13.2. The minimum Gasteiger partial charge on any atom is -0.368 e. The standard InChI is InChI=1S/C11H15F3N6/c12-11(13,14)10(3-4-10)19-8-16-7(15)17-9(18-8)20-5-1-2-6-20/h1-6H2,(H3,15,16,17,18,19). The molecule has 3 rings (SSSR count). The van der Waals surface area contributed by atoms with Crippen molar-refractivity contribution in [1.29, 1.82) is 0 Å². The van der Waals surface area contributed by atoms with Gasteiger partial charge < -0.3 is 16.0 Å². The SMILES string of the molecule is Nc1nc(NC2(C(F)(F)F)CC2)nc(N2CCCC2)n1. The maximum Gasteiger partial charge on any atom is 0.411 e. The predicted molar refractivity (Wildman–Crippen MR) is 67.3 cm³/mol. The first-order valence-electron chi connectivity index (χ1n) is 6.51. The van der Waals surface area contributed by atoms with Crippen LogP contribution in [0, 0.1) is 0 Å². The van der Waals surface area contributed by atoms with Crippen molar-refractivity contribution in [3.8, 4) is 0 Å². The summed E-state index contributed by atoms with van der Waals surface area (Å²) in [5.74, 6) is 0.173. The highest BCUT2D eigenvalue weighted by molar-refractivity contribution is 5.45. The molecule has 1 saturated carbocycles. The van der Waals surface area contributed by atoms with Gasteiger partial charge in [0.1, 0.15) is 5.54 Å². The molecule has 0 amide bonds. The third-order valence-electron chi connectivity index (χ3n) is 3.67. The van der Waals surface area contributed by atoms with Crippen LogP contribution in [0.25, 0.3) is 0 Å². The highest BCUT2D eigenvalue weighted by atomic mass is 19.4. The molecule has 3 N–H and O–H groups in total. The lowest BCUT2D eigenvalue weighted by molar-refractivity contribution is -0.151. The molecule has 0 bridgehead atoms. The molecule has 2 heterocycles. The van der Waals surface area contributed by atoms with Gasteiger partial charge in [0, 0.05) is 13.1 Å². The Balaban J connectivity index is 1.83. The van der Waals surface area contributed by atoms with Crippen LogP contribution in [0.1, 0.15) is 25.7 Å². The zero-order valence-corrected chi connectivity index (χ0v) is 10.7. The highest BCUT2D eigenvalue weighted by Crippen LogP contribution is 2.50. The van der Waals surface area contributed by atoms with Crippen molar-refractivity contribution in [1.82, 2.24) is 15.0 Å². The summed E-state index contributed by atoms with van der Waals surface area (Å²) >= 11 is 0. The first-order chi connectivity index (χ1) is 9.40. The van der Waals surface area contributed by atoms with Gasteiger partial charge in [0.2, 0.25) is 17.8 Å². The Morgan fingerprint density at radius 2 is 1.75 bits per heavy atom.